The number of nitrogens with one attached hydrogen (secondary N) is 2. The Morgan fingerprint density at radius 3 is 2.77 bits per heavy atom. The van der Waals surface area contributed by atoms with Gasteiger partial charge in [0.25, 0.3) is 11.1 Å². The van der Waals surface area contributed by atoms with Crippen molar-refractivity contribution in [3.8, 4) is 0 Å². The topological polar surface area (TPSA) is 82.3 Å². The summed E-state index contributed by atoms with van der Waals surface area (Å²) in [5, 5.41) is 2.81. The summed E-state index contributed by atoms with van der Waals surface area (Å²) in [6.45, 7) is -0.175. The van der Waals surface area contributed by atoms with E-state index in [1.165, 1.54) is 36.4 Å². The molecule has 1 aliphatic rings. The van der Waals surface area contributed by atoms with Gasteiger partial charge in [-0.25, -0.2) is 8.78 Å². The lowest BCUT2D eigenvalue weighted by molar-refractivity contribution is -0.129. The van der Waals surface area contributed by atoms with E-state index in [0.29, 0.717) is 18.2 Å². The van der Waals surface area contributed by atoms with Gasteiger partial charge in [0.15, 0.2) is 0 Å². The van der Waals surface area contributed by atoms with E-state index >= 15 is 0 Å². The molecule has 0 atom stereocenters. The molecule has 1 aromatic heterocycles. The third-order valence-corrected chi connectivity index (χ3v) is 5.72. The van der Waals surface area contributed by atoms with E-state index in [1.54, 1.807) is 18.3 Å². The molecule has 0 radical (unpaired) electrons. The number of thioether (sulfide) groups is 1. The Balaban J connectivity index is 1.35. The number of imide groups is 1. The van der Waals surface area contributed by atoms with Crippen LogP contribution in [0.4, 0.5) is 13.6 Å². The van der Waals surface area contributed by atoms with E-state index in [2.05, 4.69) is 10.3 Å². The number of benzene rings is 2. The number of rotatable bonds is 6. The van der Waals surface area contributed by atoms with E-state index in [1.807, 2.05) is 0 Å². The summed E-state index contributed by atoms with van der Waals surface area (Å²) in [4.78, 5) is 40.8. The van der Waals surface area contributed by atoms with Crippen LogP contribution < -0.4 is 5.32 Å². The van der Waals surface area contributed by atoms with Crippen LogP contribution in [0.15, 0.2) is 53.6 Å². The molecule has 1 aliphatic heterocycles. The van der Waals surface area contributed by atoms with E-state index in [9.17, 15) is 23.2 Å². The average Bonchev–Trinajstić information content (AvgIpc) is 3.25. The van der Waals surface area contributed by atoms with Crippen molar-refractivity contribution in [3.63, 3.8) is 0 Å². The molecule has 9 heteroatoms. The third kappa shape index (κ3) is 4.51. The summed E-state index contributed by atoms with van der Waals surface area (Å²) in [5.74, 6) is -2.00. The Morgan fingerprint density at radius 2 is 1.97 bits per heavy atom. The average molecular weight is 441 g/mol. The smallest absolute Gasteiger partial charge is 0.294 e. The van der Waals surface area contributed by atoms with Gasteiger partial charge < -0.3 is 10.3 Å². The van der Waals surface area contributed by atoms with Gasteiger partial charge >= 0.3 is 0 Å². The van der Waals surface area contributed by atoms with Crippen LogP contribution in [0.2, 0.25) is 0 Å². The number of hydrogen-bond donors (Lipinski definition) is 2. The number of H-pyrrole nitrogens is 1. The zero-order valence-electron chi connectivity index (χ0n) is 16.2. The zero-order chi connectivity index (χ0) is 22.0. The lowest BCUT2D eigenvalue weighted by Crippen LogP contribution is -2.40. The predicted octanol–water partition coefficient (Wildman–Crippen LogP) is 3.84. The van der Waals surface area contributed by atoms with Crippen LogP contribution in [0.5, 0.6) is 0 Å². The number of hydrogen-bond acceptors (Lipinski definition) is 4. The number of fused-ring (bicyclic) bond motifs is 1. The third-order valence-electron chi connectivity index (χ3n) is 4.81. The molecule has 31 heavy (non-hydrogen) atoms. The van der Waals surface area contributed by atoms with E-state index in [-0.39, 0.29) is 22.8 Å². The number of aromatic nitrogens is 1. The van der Waals surface area contributed by atoms with Crippen molar-refractivity contribution in [2.75, 3.05) is 13.1 Å². The molecule has 0 saturated carbocycles. The first-order chi connectivity index (χ1) is 14.9. The van der Waals surface area contributed by atoms with Crippen LogP contribution in [-0.4, -0.2) is 40.0 Å². The Morgan fingerprint density at radius 1 is 1.16 bits per heavy atom. The molecule has 1 saturated heterocycles. The molecule has 3 amide bonds. The lowest BCUT2D eigenvalue weighted by Gasteiger charge is -2.12. The lowest BCUT2D eigenvalue weighted by atomic mass is 10.1. The molecular weight excluding hydrogens is 424 g/mol. The van der Waals surface area contributed by atoms with E-state index < -0.39 is 29.4 Å². The molecule has 4 rings (SSSR count). The summed E-state index contributed by atoms with van der Waals surface area (Å²) in [5.41, 5.74) is 1.82. The highest BCUT2D eigenvalue weighted by Crippen LogP contribution is 2.32. The Labute approximate surface area is 180 Å². The van der Waals surface area contributed by atoms with Crippen molar-refractivity contribution in [3.05, 3.63) is 76.3 Å². The molecule has 6 nitrogen and oxygen atoms in total. The van der Waals surface area contributed by atoms with Crippen LogP contribution in [0.1, 0.15) is 11.1 Å². The van der Waals surface area contributed by atoms with Gasteiger partial charge in [0.05, 0.1) is 4.91 Å². The second kappa shape index (κ2) is 8.73. The van der Waals surface area contributed by atoms with Crippen molar-refractivity contribution in [1.29, 1.82) is 0 Å². The fraction of sp³-hybridized carbons (Fsp3) is 0.136. The second-order valence-corrected chi connectivity index (χ2v) is 7.89. The van der Waals surface area contributed by atoms with Crippen molar-refractivity contribution in [1.82, 2.24) is 15.2 Å². The monoisotopic (exact) mass is 441 g/mol. The van der Waals surface area contributed by atoms with Gasteiger partial charge in [-0.15, -0.1) is 0 Å². The van der Waals surface area contributed by atoms with E-state index in [4.69, 9.17) is 0 Å². The summed E-state index contributed by atoms with van der Waals surface area (Å²) >= 11 is 0.664. The highest BCUT2D eigenvalue weighted by Gasteiger charge is 2.36. The van der Waals surface area contributed by atoms with Gasteiger partial charge in [-0.3, -0.25) is 19.3 Å². The number of carbonyl (C=O) groups is 3. The Kier molecular flexibility index (Phi) is 5.85. The van der Waals surface area contributed by atoms with Gasteiger partial charge in [0.2, 0.25) is 5.91 Å². The minimum atomic E-state index is -0.638. The minimum absolute atomic E-state index is 0.0590. The maximum absolute atomic E-state index is 13.8. The number of aromatic amines is 1. The quantitative estimate of drug-likeness (QED) is 0.570. The summed E-state index contributed by atoms with van der Waals surface area (Å²) in [6, 6.07) is 10.3. The molecule has 2 heterocycles. The van der Waals surface area contributed by atoms with Crippen molar-refractivity contribution >= 4 is 45.8 Å². The maximum Gasteiger partial charge on any atom is 0.294 e. The van der Waals surface area contributed by atoms with E-state index in [0.717, 1.165) is 21.4 Å². The molecule has 1 fully saturated rings. The largest absolute Gasteiger partial charge is 0.361 e. The van der Waals surface area contributed by atoms with Crippen LogP contribution in [-0.2, 0) is 16.0 Å². The first kappa shape index (κ1) is 20.8. The molecule has 0 bridgehead atoms. The number of carbonyl (C=O) groups excluding carboxylic acids is 3. The first-order valence-corrected chi connectivity index (χ1v) is 10.3. The first-order valence-electron chi connectivity index (χ1n) is 9.44. The SMILES string of the molecule is O=C(CN1C(=O)SC(=Cc2ccccc2F)C1=O)NCCc1c[nH]c2ccc(F)cc12. The molecule has 0 unspecified atom stereocenters. The van der Waals surface area contributed by atoms with Crippen LogP contribution in [0.25, 0.3) is 17.0 Å². The molecule has 158 valence electrons. The summed E-state index contributed by atoms with van der Waals surface area (Å²) in [6.07, 6.45) is 3.50. The maximum atomic E-state index is 13.8. The molecule has 0 spiro atoms. The van der Waals surface area contributed by atoms with Gasteiger partial charge in [0, 0.05) is 29.2 Å². The van der Waals surface area contributed by atoms with Gasteiger partial charge in [-0.05, 0) is 54.1 Å². The van der Waals surface area contributed by atoms with Crippen LogP contribution in [0.3, 0.4) is 0 Å². The number of halogens is 2. The minimum Gasteiger partial charge on any atom is -0.361 e. The molecule has 0 aliphatic carbocycles. The number of nitrogens with zero attached hydrogens (tertiary/aromatic N) is 1. The van der Waals surface area contributed by atoms with Gasteiger partial charge in [0.1, 0.15) is 18.2 Å². The standard InChI is InChI=1S/C22H17F2N3O3S/c23-15-5-6-18-16(10-15)14(11-26-18)7-8-25-20(28)12-27-21(29)19(31-22(27)30)9-13-3-1-2-4-17(13)24/h1-6,9-11,26H,7-8,12H2,(H,25,28). The molecule has 2 N–H and O–H groups in total. The van der Waals surface area contributed by atoms with Gasteiger partial charge in [-0.1, -0.05) is 18.2 Å². The fourth-order valence-corrected chi connectivity index (χ4v) is 4.09. The second-order valence-electron chi connectivity index (χ2n) is 6.89. The number of amides is 3. The van der Waals surface area contributed by atoms with Crippen molar-refractivity contribution in [2.45, 2.75) is 6.42 Å². The summed E-state index contributed by atoms with van der Waals surface area (Å²) in [7, 11) is 0. The predicted molar refractivity (Wildman–Crippen MR) is 114 cm³/mol. The Bertz CT molecular complexity index is 1220. The Hall–Kier alpha value is -3.46. The zero-order valence-corrected chi connectivity index (χ0v) is 17.0. The van der Waals surface area contributed by atoms with Crippen LogP contribution in [0, 0.1) is 11.6 Å². The molecule has 3 aromatic rings. The highest BCUT2D eigenvalue weighted by molar-refractivity contribution is 8.18. The fourth-order valence-electron chi connectivity index (χ4n) is 3.26. The summed E-state index contributed by atoms with van der Waals surface area (Å²) < 4.78 is 27.3. The molecule has 2 aromatic carbocycles. The normalized spacial score (nSPS) is 15.3. The highest BCUT2D eigenvalue weighted by atomic mass is 32.2. The van der Waals surface area contributed by atoms with Crippen molar-refractivity contribution < 1.29 is 23.2 Å². The van der Waals surface area contributed by atoms with Crippen LogP contribution >= 0.6 is 11.8 Å². The van der Waals surface area contributed by atoms with Crippen molar-refractivity contribution in [2.24, 2.45) is 0 Å². The molecular formula is C22H17F2N3O3S. The van der Waals surface area contributed by atoms with Gasteiger partial charge in [-0.2, -0.15) is 0 Å².